The lowest BCUT2D eigenvalue weighted by Crippen LogP contribution is -2.43. The van der Waals surface area contributed by atoms with E-state index in [2.05, 4.69) is 37.3 Å². The standard InChI is InChI=1S/C26H25N7O3/c34-23(32-25-27-10-11-28-25)18-6-3-7-19-22(18)31-26(30-19)33-24(35)20-14-16-4-1-2-5-17(16)21(29-20)15-8-12-36-13-9-15/h1-7,10-11,14-15,26,30-31H,8-9,12-13H2,(H,33,35)(H2,27,28,32,34). The minimum atomic E-state index is -0.607. The summed E-state index contributed by atoms with van der Waals surface area (Å²) in [6.45, 7) is 1.39. The highest BCUT2D eigenvalue weighted by molar-refractivity contribution is 6.10. The van der Waals surface area contributed by atoms with Crippen LogP contribution in [0.2, 0.25) is 0 Å². The van der Waals surface area contributed by atoms with Gasteiger partial charge in [-0.15, -0.1) is 0 Å². The molecule has 2 aliphatic rings. The zero-order chi connectivity index (χ0) is 24.5. The number of carbonyl (C=O) groups excluding carboxylic acids is 2. The number of fused-ring (bicyclic) bond motifs is 2. The van der Waals surface area contributed by atoms with Gasteiger partial charge < -0.3 is 25.7 Å². The molecule has 1 unspecified atom stereocenters. The maximum atomic E-state index is 13.3. The van der Waals surface area contributed by atoms with E-state index in [1.807, 2.05) is 30.3 Å². The highest BCUT2D eigenvalue weighted by atomic mass is 16.5. The normalized spacial score (nSPS) is 17.2. The Kier molecular flexibility index (Phi) is 5.70. The SMILES string of the molecule is O=C(NC1Nc2cccc(C(=O)Nc3ncc[nH]3)c2N1)c1cc2ccccc2c(C2CCOCC2)n1. The predicted octanol–water partition coefficient (Wildman–Crippen LogP) is 3.66. The summed E-state index contributed by atoms with van der Waals surface area (Å²) < 4.78 is 5.53. The lowest BCUT2D eigenvalue weighted by molar-refractivity contribution is 0.0846. The van der Waals surface area contributed by atoms with Crippen LogP contribution in [0, 0.1) is 0 Å². The third kappa shape index (κ3) is 4.22. The molecule has 0 aliphatic carbocycles. The van der Waals surface area contributed by atoms with Crippen molar-refractivity contribution in [2.75, 3.05) is 29.2 Å². The van der Waals surface area contributed by atoms with E-state index in [0.717, 1.165) is 29.3 Å². The molecule has 10 nitrogen and oxygen atoms in total. The van der Waals surface area contributed by atoms with Gasteiger partial charge in [0.2, 0.25) is 5.95 Å². The van der Waals surface area contributed by atoms with Gasteiger partial charge >= 0.3 is 0 Å². The highest BCUT2D eigenvalue weighted by Gasteiger charge is 2.27. The van der Waals surface area contributed by atoms with Crippen molar-refractivity contribution in [2.45, 2.75) is 25.0 Å². The number of nitrogens with zero attached hydrogens (tertiary/aromatic N) is 2. The Bertz CT molecular complexity index is 1430. The summed E-state index contributed by atoms with van der Waals surface area (Å²) in [6.07, 6.45) is 4.35. The van der Waals surface area contributed by atoms with Crippen molar-refractivity contribution in [1.29, 1.82) is 0 Å². The summed E-state index contributed by atoms with van der Waals surface area (Å²) >= 11 is 0. The molecule has 1 atom stereocenters. The summed E-state index contributed by atoms with van der Waals surface area (Å²) in [6, 6.07) is 15.2. The van der Waals surface area contributed by atoms with Crippen molar-refractivity contribution in [2.24, 2.45) is 0 Å². The van der Waals surface area contributed by atoms with Crippen molar-refractivity contribution in [1.82, 2.24) is 20.3 Å². The predicted molar refractivity (Wildman–Crippen MR) is 136 cm³/mol. The number of nitrogens with one attached hydrogen (secondary N) is 5. The third-order valence-electron chi connectivity index (χ3n) is 6.51. The molecule has 2 aromatic heterocycles. The average Bonchev–Trinajstić information content (AvgIpc) is 3.57. The van der Waals surface area contributed by atoms with Crippen molar-refractivity contribution in [3.8, 4) is 0 Å². The van der Waals surface area contributed by atoms with Gasteiger partial charge in [0.25, 0.3) is 11.8 Å². The number of rotatable bonds is 5. The number of imidazole rings is 1. The van der Waals surface area contributed by atoms with Crippen LogP contribution in [0.5, 0.6) is 0 Å². The van der Waals surface area contributed by atoms with Gasteiger partial charge in [0, 0.05) is 36.9 Å². The van der Waals surface area contributed by atoms with Crippen LogP contribution in [-0.2, 0) is 4.74 Å². The van der Waals surface area contributed by atoms with Crippen molar-refractivity contribution >= 4 is 39.9 Å². The van der Waals surface area contributed by atoms with Gasteiger partial charge in [-0.2, -0.15) is 0 Å². The summed E-state index contributed by atoms with van der Waals surface area (Å²) in [7, 11) is 0. The van der Waals surface area contributed by atoms with Crippen LogP contribution in [0.15, 0.2) is 60.9 Å². The molecule has 0 radical (unpaired) electrons. The van der Waals surface area contributed by atoms with E-state index in [9.17, 15) is 9.59 Å². The third-order valence-corrected chi connectivity index (χ3v) is 6.51. The molecule has 10 heteroatoms. The number of carbonyl (C=O) groups is 2. The lowest BCUT2D eigenvalue weighted by atomic mass is 9.92. The number of aromatic nitrogens is 3. The van der Waals surface area contributed by atoms with E-state index < -0.39 is 6.29 Å². The number of amides is 2. The van der Waals surface area contributed by atoms with Gasteiger partial charge in [-0.1, -0.05) is 30.3 Å². The van der Waals surface area contributed by atoms with Crippen LogP contribution >= 0.6 is 0 Å². The zero-order valence-electron chi connectivity index (χ0n) is 19.4. The van der Waals surface area contributed by atoms with E-state index in [1.54, 1.807) is 24.5 Å². The number of para-hydroxylation sites is 1. The van der Waals surface area contributed by atoms with Gasteiger partial charge in [0.05, 0.1) is 22.6 Å². The van der Waals surface area contributed by atoms with E-state index >= 15 is 0 Å². The van der Waals surface area contributed by atoms with Crippen molar-refractivity contribution in [3.05, 3.63) is 77.9 Å². The van der Waals surface area contributed by atoms with Gasteiger partial charge in [-0.3, -0.25) is 14.9 Å². The highest BCUT2D eigenvalue weighted by Crippen LogP contribution is 2.33. The Morgan fingerprint density at radius 2 is 1.86 bits per heavy atom. The first-order valence-corrected chi connectivity index (χ1v) is 11.9. The van der Waals surface area contributed by atoms with Gasteiger partial charge in [0.15, 0.2) is 6.29 Å². The number of ether oxygens (including phenoxy) is 1. The van der Waals surface area contributed by atoms with Crippen LogP contribution in [0.3, 0.4) is 0 Å². The fourth-order valence-corrected chi connectivity index (χ4v) is 4.76. The lowest BCUT2D eigenvalue weighted by Gasteiger charge is -2.23. The molecule has 0 saturated carbocycles. The molecule has 5 N–H and O–H groups in total. The van der Waals surface area contributed by atoms with Gasteiger partial charge in [-0.05, 0) is 36.4 Å². The number of aromatic amines is 1. The van der Waals surface area contributed by atoms with E-state index in [0.29, 0.717) is 41.8 Å². The van der Waals surface area contributed by atoms with Crippen LogP contribution < -0.4 is 21.3 Å². The second-order valence-electron chi connectivity index (χ2n) is 8.82. The monoisotopic (exact) mass is 483 g/mol. The first kappa shape index (κ1) is 22.1. The maximum Gasteiger partial charge on any atom is 0.272 e. The minimum absolute atomic E-state index is 0.249. The van der Waals surface area contributed by atoms with Crippen LogP contribution in [-0.4, -0.2) is 46.3 Å². The number of hydrogen-bond acceptors (Lipinski definition) is 7. The molecular weight excluding hydrogens is 458 g/mol. The molecule has 4 heterocycles. The van der Waals surface area contributed by atoms with Gasteiger partial charge in [-0.25, -0.2) is 9.97 Å². The molecule has 6 rings (SSSR count). The maximum absolute atomic E-state index is 13.3. The summed E-state index contributed by atoms with van der Waals surface area (Å²) in [4.78, 5) is 37.8. The van der Waals surface area contributed by atoms with Crippen LogP contribution in [0.25, 0.3) is 10.8 Å². The summed E-state index contributed by atoms with van der Waals surface area (Å²) in [5.74, 6) is -0.0245. The molecule has 182 valence electrons. The topological polar surface area (TPSA) is 133 Å². The number of benzene rings is 2. The first-order chi connectivity index (χ1) is 17.7. The number of anilines is 3. The Balaban J connectivity index is 1.22. The van der Waals surface area contributed by atoms with Gasteiger partial charge in [0.1, 0.15) is 5.69 Å². The number of pyridine rings is 1. The molecule has 2 aromatic carbocycles. The molecule has 2 amide bonds. The Morgan fingerprint density at radius 1 is 1.00 bits per heavy atom. The molecular formula is C26H25N7O3. The number of H-pyrrole nitrogens is 1. The fraction of sp³-hybridized carbons (Fsp3) is 0.231. The quantitative estimate of drug-likeness (QED) is 0.293. The zero-order valence-corrected chi connectivity index (χ0v) is 19.4. The molecule has 0 spiro atoms. The smallest absolute Gasteiger partial charge is 0.272 e. The van der Waals surface area contributed by atoms with Crippen molar-refractivity contribution in [3.63, 3.8) is 0 Å². The molecule has 1 saturated heterocycles. The Labute approximate surface area is 206 Å². The molecule has 0 bridgehead atoms. The second-order valence-corrected chi connectivity index (χ2v) is 8.82. The number of hydrogen-bond donors (Lipinski definition) is 5. The summed E-state index contributed by atoms with van der Waals surface area (Å²) in [5.41, 5.74) is 3.03. The Hall–Kier alpha value is -4.44. The molecule has 1 fully saturated rings. The summed E-state index contributed by atoms with van der Waals surface area (Å²) in [5, 5.41) is 14.1. The first-order valence-electron chi connectivity index (χ1n) is 11.9. The Morgan fingerprint density at radius 3 is 2.69 bits per heavy atom. The largest absolute Gasteiger partial charge is 0.381 e. The van der Waals surface area contributed by atoms with Crippen LogP contribution in [0.1, 0.15) is 45.3 Å². The molecule has 4 aromatic rings. The van der Waals surface area contributed by atoms with Crippen LogP contribution in [0.4, 0.5) is 17.3 Å². The van der Waals surface area contributed by atoms with E-state index in [1.165, 1.54) is 0 Å². The van der Waals surface area contributed by atoms with Crippen molar-refractivity contribution < 1.29 is 14.3 Å². The van der Waals surface area contributed by atoms with E-state index in [-0.39, 0.29) is 17.7 Å². The average molecular weight is 484 g/mol. The second kappa shape index (κ2) is 9.31. The molecule has 36 heavy (non-hydrogen) atoms. The van der Waals surface area contributed by atoms with E-state index in [4.69, 9.17) is 9.72 Å². The molecule has 2 aliphatic heterocycles. The fourth-order valence-electron chi connectivity index (χ4n) is 4.76. The minimum Gasteiger partial charge on any atom is -0.381 e.